The fourth-order valence-corrected chi connectivity index (χ4v) is 8.03. The first-order valence-electron chi connectivity index (χ1n) is 16.3. The van der Waals surface area contributed by atoms with Gasteiger partial charge in [0.25, 0.3) is 0 Å². The minimum atomic E-state index is -3.71. The zero-order chi connectivity index (χ0) is 31.6. The number of carboxylic acid groups (broad SMARTS) is 1. The van der Waals surface area contributed by atoms with Gasteiger partial charge < -0.3 is 23.9 Å². The molecule has 1 aromatic carbocycles. The highest BCUT2D eigenvalue weighted by Crippen LogP contribution is 2.32. The van der Waals surface area contributed by atoms with Crippen LogP contribution >= 0.6 is 12.4 Å². The average molecular weight is 649 g/mol. The predicted molar refractivity (Wildman–Crippen MR) is 176 cm³/mol. The van der Waals surface area contributed by atoms with Crippen molar-refractivity contribution in [2.75, 3.05) is 53.0 Å². The third-order valence-corrected chi connectivity index (χ3v) is 10.5. The van der Waals surface area contributed by atoms with Gasteiger partial charge in [-0.05, 0) is 75.6 Å². The minimum Gasteiger partial charge on any atom is -0.548 e. The van der Waals surface area contributed by atoms with Crippen molar-refractivity contribution in [3.63, 3.8) is 0 Å². The van der Waals surface area contributed by atoms with Gasteiger partial charge in [0.1, 0.15) is 5.75 Å². The number of aliphatic carboxylic acids is 1. The van der Waals surface area contributed by atoms with E-state index in [1.807, 2.05) is 0 Å². The second-order valence-electron chi connectivity index (χ2n) is 11.9. The van der Waals surface area contributed by atoms with Crippen LogP contribution in [0.15, 0.2) is 17.0 Å². The van der Waals surface area contributed by atoms with E-state index < -0.39 is 22.6 Å². The number of rotatable bonds is 19. The van der Waals surface area contributed by atoms with Gasteiger partial charge in [0.15, 0.2) is 0 Å². The molecule has 1 aromatic rings. The molecular weight excluding hydrogens is 588 g/mol. The molecule has 2 rings (SSSR count). The summed E-state index contributed by atoms with van der Waals surface area (Å²) in [6.07, 6.45) is 13.4. The van der Waals surface area contributed by atoms with Gasteiger partial charge in [-0.2, -0.15) is 4.31 Å². The number of carboxylic acids is 1. The molecule has 0 spiro atoms. The number of ether oxygens (including phenoxy) is 2. The smallest absolute Gasteiger partial charge is 0.243 e. The number of hydrogen-bond donors (Lipinski definition) is 0. The maximum atomic E-state index is 13.2. The molecule has 0 bridgehead atoms. The Labute approximate surface area is 269 Å². The number of aryl methyl sites for hydroxylation is 2. The summed E-state index contributed by atoms with van der Waals surface area (Å²) in [5.41, 5.74) is 1.24. The molecule has 0 aromatic heterocycles. The summed E-state index contributed by atoms with van der Waals surface area (Å²) in [6.45, 7) is 18.4. The first-order valence-corrected chi connectivity index (χ1v) is 17.8. The number of halogens is 1. The Morgan fingerprint density at radius 1 is 0.907 bits per heavy atom. The van der Waals surface area contributed by atoms with Gasteiger partial charge in [0.2, 0.25) is 10.0 Å². The normalized spacial score (nSPS) is 15.7. The number of hydrogen-bond acceptors (Lipinski definition) is 6. The maximum Gasteiger partial charge on any atom is 0.243 e. The Kier molecular flexibility index (Phi) is 21.5. The van der Waals surface area contributed by atoms with Crippen LogP contribution in [0.2, 0.25) is 0 Å². The number of nitrogens with zero attached hydrogens (tertiary/aromatic N) is 2. The Bertz CT molecular complexity index is 960. The van der Waals surface area contributed by atoms with Gasteiger partial charge in [0.05, 0.1) is 57.4 Å². The van der Waals surface area contributed by atoms with E-state index in [1.54, 1.807) is 26.0 Å². The molecule has 1 saturated heterocycles. The number of unbranched alkanes of at least 4 members (excludes halogenated alkanes) is 4. The van der Waals surface area contributed by atoms with Crippen molar-refractivity contribution in [1.82, 2.24) is 4.31 Å². The van der Waals surface area contributed by atoms with Gasteiger partial charge in [-0.3, -0.25) is 0 Å². The van der Waals surface area contributed by atoms with Crippen LogP contribution in [-0.4, -0.2) is 82.3 Å². The lowest BCUT2D eigenvalue weighted by atomic mass is 10.1. The maximum absolute atomic E-state index is 13.2. The summed E-state index contributed by atoms with van der Waals surface area (Å²) in [5.74, 6) is -0.700. The van der Waals surface area contributed by atoms with Crippen LogP contribution in [0.5, 0.6) is 5.75 Å². The minimum absolute atomic E-state index is 0. The van der Waals surface area contributed by atoms with E-state index in [1.165, 1.54) is 93.4 Å². The number of carbonyl (C=O) groups excluding carboxylic acids is 1. The SMILES string of the molecule is CCCC[N+](CCCC)(CCCC)CCCC.COc1cc(C)c(S(=O)(=O)N2CCCCC2COCC(=O)[O-])c(C)c1.Cl. The summed E-state index contributed by atoms with van der Waals surface area (Å²) in [6, 6.07) is 3.02. The monoisotopic (exact) mass is 648 g/mol. The molecular formula is C33H61ClN2O6S. The molecule has 8 nitrogen and oxygen atoms in total. The third kappa shape index (κ3) is 14.1. The molecule has 10 heteroatoms. The Morgan fingerprint density at radius 3 is 1.77 bits per heavy atom. The van der Waals surface area contributed by atoms with Crippen molar-refractivity contribution in [3.8, 4) is 5.75 Å². The van der Waals surface area contributed by atoms with E-state index in [0.717, 1.165) is 12.8 Å². The lowest BCUT2D eigenvalue weighted by Gasteiger charge is -2.39. The second kappa shape index (κ2) is 22.2. The Morgan fingerprint density at radius 2 is 1.37 bits per heavy atom. The van der Waals surface area contributed by atoms with E-state index in [0.29, 0.717) is 29.8 Å². The highest BCUT2D eigenvalue weighted by atomic mass is 35.5. The first kappa shape index (κ1) is 41.6. The van der Waals surface area contributed by atoms with Gasteiger partial charge >= 0.3 is 0 Å². The van der Waals surface area contributed by atoms with Crippen LogP contribution in [0.4, 0.5) is 0 Å². The third-order valence-electron chi connectivity index (χ3n) is 8.28. The molecule has 252 valence electrons. The van der Waals surface area contributed by atoms with Crippen molar-refractivity contribution in [3.05, 3.63) is 23.3 Å². The summed E-state index contributed by atoms with van der Waals surface area (Å²) < 4.78 is 39.6. The topological polar surface area (TPSA) is 96.0 Å². The molecule has 0 N–H and O–H groups in total. The van der Waals surface area contributed by atoms with Crippen LogP contribution in [-0.2, 0) is 19.6 Å². The van der Waals surface area contributed by atoms with Crippen LogP contribution in [0.25, 0.3) is 0 Å². The van der Waals surface area contributed by atoms with Crippen molar-refractivity contribution in [2.24, 2.45) is 0 Å². The summed E-state index contributed by atoms with van der Waals surface area (Å²) in [7, 11) is -2.17. The van der Waals surface area contributed by atoms with Gasteiger partial charge in [-0.15, -0.1) is 12.4 Å². The molecule has 0 saturated carbocycles. The molecule has 1 atom stereocenters. The number of methoxy groups -OCH3 is 1. The highest BCUT2D eigenvalue weighted by molar-refractivity contribution is 7.89. The van der Waals surface area contributed by atoms with E-state index in [2.05, 4.69) is 27.7 Å². The summed E-state index contributed by atoms with van der Waals surface area (Å²) >= 11 is 0. The van der Waals surface area contributed by atoms with Gasteiger partial charge in [-0.1, -0.05) is 59.8 Å². The average Bonchev–Trinajstić information content (AvgIpc) is 2.96. The first-order chi connectivity index (χ1) is 20.0. The van der Waals surface area contributed by atoms with Crippen LogP contribution < -0.4 is 9.84 Å². The molecule has 0 radical (unpaired) electrons. The van der Waals surface area contributed by atoms with E-state index >= 15 is 0 Å². The Hall–Kier alpha value is -1.39. The van der Waals surface area contributed by atoms with Gasteiger partial charge in [0, 0.05) is 12.6 Å². The molecule has 43 heavy (non-hydrogen) atoms. The number of benzene rings is 1. The molecule has 1 heterocycles. The Balaban J connectivity index is 0.000000865. The predicted octanol–water partition coefficient (Wildman–Crippen LogP) is 6.05. The zero-order valence-electron chi connectivity index (χ0n) is 28.1. The van der Waals surface area contributed by atoms with Crippen molar-refractivity contribution < 1.29 is 32.3 Å². The van der Waals surface area contributed by atoms with Crippen molar-refractivity contribution in [2.45, 2.75) is 123 Å². The lowest BCUT2D eigenvalue weighted by molar-refractivity contribution is -0.929. The molecule has 0 amide bonds. The number of carbonyl (C=O) groups is 1. The fraction of sp³-hybridized carbons (Fsp3) is 0.788. The molecule has 1 aliphatic heterocycles. The van der Waals surface area contributed by atoms with E-state index in [9.17, 15) is 18.3 Å². The molecule has 1 fully saturated rings. The van der Waals surface area contributed by atoms with Crippen LogP contribution in [0, 0.1) is 13.8 Å². The standard InChI is InChI=1S/C17H25NO6S.C16H36N.ClH/c1-12-8-15(23-3)9-13(2)17(12)25(21,22)18-7-5-4-6-14(18)10-24-11-16(19)20;1-5-9-13-17(14-10-6-2,15-11-7-3)16-12-8-4;/h8-9,14H,4-7,10-11H2,1-3H3,(H,19,20);5-16H2,1-4H3;1H/q;+1;/p-1. The number of sulfonamides is 1. The number of piperidine rings is 1. The van der Waals surface area contributed by atoms with Crippen molar-refractivity contribution in [1.29, 1.82) is 0 Å². The second-order valence-corrected chi connectivity index (χ2v) is 13.7. The van der Waals surface area contributed by atoms with Crippen LogP contribution in [0.1, 0.15) is 109 Å². The van der Waals surface area contributed by atoms with Crippen LogP contribution in [0.3, 0.4) is 0 Å². The lowest BCUT2D eigenvalue weighted by Crippen LogP contribution is -2.50. The molecule has 1 unspecified atom stereocenters. The molecule has 1 aliphatic rings. The van der Waals surface area contributed by atoms with Crippen molar-refractivity contribution >= 4 is 28.4 Å². The van der Waals surface area contributed by atoms with E-state index in [-0.39, 0.29) is 30.0 Å². The largest absolute Gasteiger partial charge is 0.548 e. The van der Waals surface area contributed by atoms with E-state index in [4.69, 9.17) is 9.47 Å². The molecule has 0 aliphatic carbocycles. The highest BCUT2D eigenvalue weighted by Gasteiger charge is 2.35. The quantitative estimate of drug-likeness (QED) is 0.170. The summed E-state index contributed by atoms with van der Waals surface area (Å²) in [5, 5.41) is 10.5. The zero-order valence-corrected chi connectivity index (χ0v) is 29.8. The summed E-state index contributed by atoms with van der Waals surface area (Å²) in [4.78, 5) is 10.8. The number of quaternary nitrogens is 1. The fourth-order valence-electron chi connectivity index (χ4n) is 5.93. The van der Waals surface area contributed by atoms with Gasteiger partial charge in [-0.25, -0.2) is 8.42 Å².